The Bertz CT molecular complexity index is 1550. The van der Waals surface area contributed by atoms with E-state index in [1.54, 1.807) is 0 Å². The van der Waals surface area contributed by atoms with Gasteiger partial charge in [0, 0.05) is 25.7 Å². The molecule has 0 amide bonds. The molecule has 0 bridgehead atoms. The van der Waals surface area contributed by atoms with Gasteiger partial charge < -0.3 is 33.8 Å². The number of carbonyl (C=O) groups excluding carboxylic acids is 4. The fraction of sp³-hybridized carbons (Fsp3) is 0.934. The lowest BCUT2D eigenvalue weighted by atomic mass is 10.0. The van der Waals surface area contributed by atoms with Gasteiger partial charge in [0.05, 0.1) is 26.4 Å². The number of ether oxygens (including phenoxy) is 4. The van der Waals surface area contributed by atoms with Gasteiger partial charge in [-0.25, -0.2) is 9.13 Å². The summed E-state index contributed by atoms with van der Waals surface area (Å²) < 4.78 is 67.6. The zero-order chi connectivity index (χ0) is 59.1. The Labute approximate surface area is 486 Å². The van der Waals surface area contributed by atoms with Gasteiger partial charge in [0.2, 0.25) is 0 Å². The van der Waals surface area contributed by atoms with Gasteiger partial charge >= 0.3 is 39.5 Å². The summed E-state index contributed by atoms with van der Waals surface area (Å²) in [6.07, 6.45) is 40.7. The third-order valence-electron chi connectivity index (χ3n) is 14.1. The number of phosphoric ester groups is 2. The maximum absolute atomic E-state index is 12.9. The molecule has 17 nitrogen and oxygen atoms in total. The standard InChI is InChI=1S/C61H118O17P2/c1-5-9-13-17-20-23-25-26-27-28-30-33-35-39-42-46-59(64)72-52-57(78-61(66)48-44-40-36-31-22-19-15-11-7-3)54-76-80(69,70)74-50-55(62)49-73-79(67,68)75-53-56(77-60(65)47-43-37-16-12-8-4)51-71-58(63)45-41-38-34-32-29-24-21-18-14-10-6-2/h55-57,62H,5-54H2,1-4H3,(H,67,68)(H,69,70)/t55-,56-,57-/m1/s1. The lowest BCUT2D eigenvalue weighted by molar-refractivity contribution is -0.161. The van der Waals surface area contributed by atoms with Crippen molar-refractivity contribution in [3.63, 3.8) is 0 Å². The van der Waals surface area contributed by atoms with Crippen molar-refractivity contribution >= 4 is 39.5 Å². The first kappa shape index (κ1) is 78.1. The van der Waals surface area contributed by atoms with Crippen LogP contribution < -0.4 is 0 Å². The molecule has 0 aliphatic heterocycles. The Morgan fingerprint density at radius 3 is 0.738 bits per heavy atom. The third-order valence-corrected chi connectivity index (χ3v) is 16.0. The Morgan fingerprint density at radius 1 is 0.300 bits per heavy atom. The van der Waals surface area contributed by atoms with Crippen molar-refractivity contribution in [2.24, 2.45) is 0 Å². The largest absolute Gasteiger partial charge is 0.472 e. The first-order chi connectivity index (χ1) is 38.7. The van der Waals surface area contributed by atoms with E-state index in [-0.39, 0.29) is 25.7 Å². The van der Waals surface area contributed by atoms with Crippen LogP contribution in [0.3, 0.4) is 0 Å². The topological polar surface area (TPSA) is 237 Å². The monoisotopic (exact) mass is 1180 g/mol. The summed E-state index contributed by atoms with van der Waals surface area (Å²) in [6.45, 7) is 4.76. The summed E-state index contributed by atoms with van der Waals surface area (Å²) in [7, 11) is -9.86. The molecule has 0 aliphatic rings. The number of hydrogen-bond donors (Lipinski definition) is 3. The summed E-state index contributed by atoms with van der Waals surface area (Å²) in [6, 6.07) is 0. The van der Waals surface area contributed by atoms with Gasteiger partial charge in [-0.3, -0.25) is 37.3 Å². The molecule has 474 valence electrons. The maximum atomic E-state index is 12.9. The molecule has 0 radical (unpaired) electrons. The maximum Gasteiger partial charge on any atom is 0.472 e. The Morgan fingerprint density at radius 2 is 0.500 bits per heavy atom. The van der Waals surface area contributed by atoms with Crippen LogP contribution in [0.5, 0.6) is 0 Å². The van der Waals surface area contributed by atoms with Crippen LogP contribution in [0.1, 0.15) is 310 Å². The Hall–Kier alpha value is -1.94. The highest BCUT2D eigenvalue weighted by atomic mass is 31.2. The molecule has 0 fully saturated rings. The van der Waals surface area contributed by atoms with E-state index < -0.39 is 97.5 Å². The third kappa shape index (κ3) is 55.3. The predicted octanol–water partition coefficient (Wildman–Crippen LogP) is 16.8. The van der Waals surface area contributed by atoms with E-state index in [1.165, 1.54) is 141 Å². The van der Waals surface area contributed by atoms with Crippen LogP contribution in [0.25, 0.3) is 0 Å². The van der Waals surface area contributed by atoms with Gasteiger partial charge in [0.15, 0.2) is 12.2 Å². The van der Waals surface area contributed by atoms with Gasteiger partial charge in [-0.1, -0.05) is 259 Å². The lowest BCUT2D eigenvalue weighted by Gasteiger charge is -2.21. The fourth-order valence-electron chi connectivity index (χ4n) is 9.10. The number of unbranched alkanes of at least 4 members (excludes halogenated alkanes) is 36. The van der Waals surface area contributed by atoms with Crippen molar-refractivity contribution in [3.05, 3.63) is 0 Å². The summed E-state index contributed by atoms with van der Waals surface area (Å²) in [4.78, 5) is 71.8. The van der Waals surface area contributed by atoms with E-state index in [4.69, 9.17) is 37.0 Å². The van der Waals surface area contributed by atoms with Gasteiger partial charge in [0.25, 0.3) is 0 Å². The van der Waals surface area contributed by atoms with Crippen LogP contribution >= 0.6 is 15.6 Å². The number of esters is 4. The molecule has 80 heavy (non-hydrogen) atoms. The molecular formula is C61H118O17P2. The zero-order valence-corrected chi connectivity index (χ0v) is 52.8. The second kappa shape index (κ2) is 56.2. The number of aliphatic hydroxyl groups excluding tert-OH is 1. The predicted molar refractivity (Wildman–Crippen MR) is 317 cm³/mol. The molecule has 0 rings (SSSR count). The summed E-state index contributed by atoms with van der Waals surface area (Å²) in [5.74, 6) is -2.15. The molecule has 0 spiro atoms. The molecular weight excluding hydrogens is 1070 g/mol. The van der Waals surface area contributed by atoms with Crippen molar-refractivity contribution < 1.29 is 80.2 Å². The minimum atomic E-state index is -4.94. The van der Waals surface area contributed by atoms with Crippen LogP contribution in [0.2, 0.25) is 0 Å². The molecule has 0 saturated carbocycles. The molecule has 0 aromatic heterocycles. The second-order valence-electron chi connectivity index (χ2n) is 22.1. The first-order valence-electron chi connectivity index (χ1n) is 32.3. The van der Waals surface area contributed by atoms with Crippen molar-refractivity contribution in [3.8, 4) is 0 Å². The van der Waals surface area contributed by atoms with Crippen molar-refractivity contribution in [1.82, 2.24) is 0 Å². The van der Waals surface area contributed by atoms with Gasteiger partial charge in [-0.2, -0.15) is 0 Å². The van der Waals surface area contributed by atoms with Crippen molar-refractivity contribution in [1.29, 1.82) is 0 Å². The van der Waals surface area contributed by atoms with Crippen molar-refractivity contribution in [2.45, 2.75) is 329 Å². The Kier molecular flexibility index (Phi) is 54.8. The molecule has 5 atom stereocenters. The van der Waals surface area contributed by atoms with Gasteiger partial charge in [-0.05, 0) is 25.7 Å². The van der Waals surface area contributed by atoms with E-state index in [2.05, 4.69) is 27.7 Å². The van der Waals surface area contributed by atoms with Crippen LogP contribution in [0.15, 0.2) is 0 Å². The van der Waals surface area contributed by atoms with E-state index in [9.17, 15) is 43.2 Å². The molecule has 2 unspecified atom stereocenters. The SMILES string of the molecule is CCCCCCCCCCCCCCCCCC(=O)OC[C@H](COP(=O)(O)OC[C@H](O)COP(=O)(O)OC[C@@H](COC(=O)CCCCCCCCCCCCC)OC(=O)CCCCCCC)OC(=O)CCCCCCCCCCC. The van der Waals surface area contributed by atoms with E-state index in [1.807, 2.05) is 0 Å². The highest BCUT2D eigenvalue weighted by Gasteiger charge is 2.30. The summed E-state index contributed by atoms with van der Waals surface area (Å²) >= 11 is 0. The number of rotatable bonds is 62. The lowest BCUT2D eigenvalue weighted by Crippen LogP contribution is -2.30. The van der Waals surface area contributed by atoms with Crippen LogP contribution in [-0.4, -0.2) is 96.7 Å². The number of hydrogen-bond acceptors (Lipinski definition) is 15. The quantitative estimate of drug-likeness (QED) is 0.0222. The number of phosphoric acid groups is 2. The molecule has 0 aromatic rings. The average molecular weight is 1190 g/mol. The summed E-state index contributed by atoms with van der Waals surface area (Å²) in [5.41, 5.74) is 0. The number of aliphatic hydroxyl groups is 1. The summed E-state index contributed by atoms with van der Waals surface area (Å²) in [5, 5.41) is 10.5. The van der Waals surface area contributed by atoms with E-state index >= 15 is 0 Å². The minimum Gasteiger partial charge on any atom is -0.462 e. The fourth-order valence-corrected chi connectivity index (χ4v) is 10.7. The van der Waals surface area contributed by atoms with E-state index in [0.29, 0.717) is 25.7 Å². The smallest absolute Gasteiger partial charge is 0.462 e. The molecule has 0 aromatic carbocycles. The number of carbonyl (C=O) groups is 4. The molecule has 0 aliphatic carbocycles. The van der Waals surface area contributed by atoms with Crippen LogP contribution in [-0.2, 0) is 65.4 Å². The molecule has 0 saturated heterocycles. The normalized spacial score (nSPS) is 14.2. The van der Waals surface area contributed by atoms with Crippen LogP contribution in [0.4, 0.5) is 0 Å². The van der Waals surface area contributed by atoms with Crippen LogP contribution in [0, 0.1) is 0 Å². The van der Waals surface area contributed by atoms with Crippen molar-refractivity contribution in [2.75, 3.05) is 39.6 Å². The van der Waals surface area contributed by atoms with Gasteiger partial charge in [-0.15, -0.1) is 0 Å². The molecule has 0 heterocycles. The molecule has 19 heteroatoms. The van der Waals surface area contributed by atoms with Gasteiger partial charge in [0.1, 0.15) is 19.3 Å². The Balaban J connectivity index is 5.09. The highest BCUT2D eigenvalue weighted by molar-refractivity contribution is 7.47. The highest BCUT2D eigenvalue weighted by Crippen LogP contribution is 2.45. The second-order valence-corrected chi connectivity index (χ2v) is 25.0. The first-order valence-corrected chi connectivity index (χ1v) is 35.3. The molecule has 3 N–H and O–H groups in total. The minimum absolute atomic E-state index is 0.100. The zero-order valence-electron chi connectivity index (χ0n) is 51.0. The van der Waals surface area contributed by atoms with E-state index in [0.717, 1.165) is 89.9 Å². The average Bonchev–Trinajstić information content (AvgIpc) is 3.43.